The van der Waals surface area contributed by atoms with E-state index < -0.39 is 0 Å². The second-order valence-electron chi connectivity index (χ2n) is 4.37. The van der Waals surface area contributed by atoms with E-state index in [0.29, 0.717) is 0 Å². The van der Waals surface area contributed by atoms with Gasteiger partial charge in [-0.25, -0.2) is 0 Å². The molecule has 0 spiro atoms. The van der Waals surface area contributed by atoms with Crippen LogP contribution in [0.15, 0.2) is 29.0 Å². The van der Waals surface area contributed by atoms with Gasteiger partial charge in [-0.2, -0.15) is 0 Å². The minimum Gasteiger partial charge on any atom is -0.383 e. The van der Waals surface area contributed by atoms with Gasteiger partial charge in [-0.1, -0.05) is 26.2 Å². The van der Waals surface area contributed by atoms with Crippen LogP contribution in [-0.4, -0.2) is 16.5 Å². The first-order valence-electron chi connectivity index (χ1n) is 6.45. The maximum absolute atomic E-state index is 4.42. The monoisotopic (exact) mass is 307 g/mol. The van der Waals surface area contributed by atoms with Crippen molar-refractivity contribution in [1.29, 1.82) is 0 Å². The second kappa shape index (κ2) is 6.69. The molecule has 0 saturated carbocycles. The highest BCUT2D eigenvalue weighted by Crippen LogP contribution is 2.21. The lowest BCUT2D eigenvalue weighted by Crippen LogP contribution is -2.02. The lowest BCUT2D eigenvalue weighted by molar-refractivity contribution is 0.685. The van der Waals surface area contributed by atoms with Crippen molar-refractivity contribution in [2.75, 3.05) is 11.9 Å². The summed E-state index contributed by atoms with van der Waals surface area (Å²) in [5, 5.41) is 3.45. The predicted molar refractivity (Wildman–Crippen MR) is 79.9 cm³/mol. The highest BCUT2D eigenvalue weighted by molar-refractivity contribution is 9.10. The molecule has 0 radical (unpaired) electrons. The number of unbranched alkanes of at least 4 members (excludes halogenated alkanes) is 3. The van der Waals surface area contributed by atoms with Crippen LogP contribution in [0.1, 0.15) is 32.6 Å². The standard InChI is InChI=1S/C14H18BrN3/c1-2-3-4-5-7-16-12-6-8-17-13-9-11(15)10-18-14(12)13/h6,8-10H,2-5,7H2,1H3,(H,16,17). The number of aromatic nitrogens is 2. The number of rotatable bonds is 6. The van der Waals surface area contributed by atoms with Crippen molar-refractivity contribution in [2.45, 2.75) is 32.6 Å². The lowest BCUT2D eigenvalue weighted by atomic mass is 10.2. The minimum absolute atomic E-state index is 0.919. The molecule has 0 bridgehead atoms. The molecule has 2 rings (SSSR count). The average Bonchev–Trinajstić information content (AvgIpc) is 2.38. The summed E-state index contributed by atoms with van der Waals surface area (Å²) < 4.78 is 0.961. The molecule has 0 aliphatic carbocycles. The first kappa shape index (κ1) is 13.3. The fraction of sp³-hybridized carbons (Fsp3) is 0.429. The topological polar surface area (TPSA) is 37.8 Å². The number of pyridine rings is 2. The van der Waals surface area contributed by atoms with Crippen LogP contribution in [0.3, 0.4) is 0 Å². The second-order valence-corrected chi connectivity index (χ2v) is 5.28. The van der Waals surface area contributed by atoms with Crippen LogP contribution in [0, 0.1) is 0 Å². The van der Waals surface area contributed by atoms with E-state index in [1.165, 1.54) is 25.7 Å². The van der Waals surface area contributed by atoms with E-state index in [-0.39, 0.29) is 0 Å². The average molecular weight is 308 g/mol. The van der Waals surface area contributed by atoms with Crippen molar-refractivity contribution in [3.05, 3.63) is 29.0 Å². The van der Waals surface area contributed by atoms with E-state index in [1.54, 1.807) is 0 Å². The van der Waals surface area contributed by atoms with Crippen LogP contribution in [0.4, 0.5) is 5.69 Å². The predicted octanol–water partition coefficient (Wildman–Crippen LogP) is 4.38. The number of hydrogen-bond acceptors (Lipinski definition) is 3. The molecule has 0 aliphatic rings. The molecule has 3 nitrogen and oxygen atoms in total. The quantitative estimate of drug-likeness (QED) is 0.805. The zero-order valence-corrected chi connectivity index (χ0v) is 12.2. The molecule has 0 atom stereocenters. The van der Waals surface area contributed by atoms with Gasteiger partial charge in [-0.05, 0) is 34.5 Å². The molecule has 0 unspecified atom stereocenters. The molecule has 18 heavy (non-hydrogen) atoms. The van der Waals surface area contributed by atoms with Crippen molar-refractivity contribution < 1.29 is 0 Å². The van der Waals surface area contributed by atoms with Gasteiger partial charge in [0.1, 0.15) is 5.52 Å². The molecule has 0 amide bonds. The molecule has 2 heterocycles. The zero-order chi connectivity index (χ0) is 12.8. The molecule has 0 aliphatic heterocycles. The van der Waals surface area contributed by atoms with Crippen molar-refractivity contribution in [2.24, 2.45) is 0 Å². The maximum Gasteiger partial charge on any atom is 0.112 e. The maximum atomic E-state index is 4.42. The van der Waals surface area contributed by atoms with Gasteiger partial charge in [0.15, 0.2) is 0 Å². The van der Waals surface area contributed by atoms with Gasteiger partial charge in [-0.3, -0.25) is 9.97 Å². The van der Waals surface area contributed by atoms with Gasteiger partial charge in [0, 0.05) is 23.4 Å². The molecule has 2 aromatic rings. The highest BCUT2D eigenvalue weighted by Gasteiger charge is 2.03. The summed E-state index contributed by atoms with van der Waals surface area (Å²) >= 11 is 3.42. The molecule has 0 saturated heterocycles. The molecule has 2 aromatic heterocycles. The third-order valence-electron chi connectivity index (χ3n) is 2.89. The Kier molecular flexibility index (Phi) is 4.93. The van der Waals surface area contributed by atoms with Gasteiger partial charge >= 0.3 is 0 Å². The first-order chi connectivity index (χ1) is 8.81. The molecule has 96 valence electrons. The zero-order valence-electron chi connectivity index (χ0n) is 10.6. The summed E-state index contributed by atoms with van der Waals surface area (Å²) in [5.41, 5.74) is 2.93. The molecule has 0 aromatic carbocycles. The molecular weight excluding hydrogens is 290 g/mol. The van der Waals surface area contributed by atoms with E-state index in [9.17, 15) is 0 Å². The van der Waals surface area contributed by atoms with Crippen molar-refractivity contribution >= 4 is 32.7 Å². The van der Waals surface area contributed by atoms with Gasteiger partial charge in [0.05, 0.1) is 11.2 Å². The van der Waals surface area contributed by atoms with Crippen LogP contribution in [0.2, 0.25) is 0 Å². The van der Waals surface area contributed by atoms with E-state index in [2.05, 4.69) is 38.1 Å². The molecule has 4 heteroatoms. The molecule has 1 N–H and O–H groups in total. The number of anilines is 1. The van der Waals surface area contributed by atoms with Crippen molar-refractivity contribution in [1.82, 2.24) is 9.97 Å². The third kappa shape index (κ3) is 3.42. The van der Waals surface area contributed by atoms with E-state index >= 15 is 0 Å². The Hall–Kier alpha value is -1.16. The van der Waals surface area contributed by atoms with Crippen molar-refractivity contribution in [3.63, 3.8) is 0 Å². The van der Waals surface area contributed by atoms with Crippen LogP contribution in [-0.2, 0) is 0 Å². The molecule has 0 fully saturated rings. The summed E-state index contributed by atoms with van der Waals surface area (Å²) in [5.74, 6) is 0. The Morgan fingerprint density at radius 3 is 2.94 bits per heavy atom. The van der Waals surface area contributed by atoms with Crippen LogP contribution in [0.25, 0.3) is 11.0 Å². The number of nitrogens with one attached hydrogen (secondary N) is 1. The van der Waals surface area contributed by atoms with E-state index in [4.69, 9.17) is 0 Å². The Bertz CT molecular complexity index is 513. The normalized spacial score (nSPS) is 10.8. The smallest absolute Gasteiger partial charge is 0.112 e. The summed E-state index contributed by atoms with van der Waals surface area (Å²) in [6.45, 7) is 3.22. The fourth-order valence-electron chi connectivity index (χ4n) is 1.92. The molecular formula is C14H18BrN3. The Morgan fingerprint density at radius 2 is 2.11 bits per heavy atom. The third-order valence-corrected chi connectivity index (χ3v) is 3.32. The first-order valence-corrected chi connectivity index (χ1v) is 7.24. The van der Waals surface area contributed by atoms with E-state index in [0.717, 1.165) is 27.7 Å². The van der Waals surface area contributed by atoms with Gasteiger partial charge in [0.2, 0.25) is 0 Å². The summed E-state index contributed by atoms with van der Waals surface area (Å²) in [4.78, 5) is 8.75. The van der Waals surface area contributed by atoms with Crippen LogP contribution >= 0.6 is 15.9 Å². The Balaban J connectivity index is 2.04. The van der Waals surface area contributed by atoms with E-state index in [1.807, 2.05) is 24.5 Å². The Labute approximate surface area is 116 Å². The summed E-state index contributed by atoms with van der Waals surface area (Å²) in [6.07, 6.45) is 8.70. The minimum atomic E-state index is 0.919. The largest absolute Gasteiger partial charge is 0.383 e. The van der Waals surface area contributed by atoms with Crippen LogP contribution in [0.5, 0.6) is 0 Å². The van der Waals surface area contributed by atoms with Gasteiger partial charge in [0.25, 0.3) is 0 Å². The highest BCUT2D eigenvalue weighted by atomic mass is 79.9. The number of halogens is 1. The lowest BCUT2D eigenvalue weighted by Gasteiger charge is -2.08. The van der Waals surface area contributed by atoms with Crippen LogP contribution < -0.4 is 5.32 Å². The number of nitrogens with zero attached hydrogens (tertiary/aromatic N) is 2. The van der Waals surface area contributed by atoms with Gasteiger partial charge < -0.3 is 5.32 Å². The number of hydrogen-bond donors (Lipinski definition) is 1. The van der Waals surface area contributed by atoms with Gasteiger partial charge in [-0.15, -0.1) is 0 Å². The SMILES string of the molecule is CCCCCCNc1ccnc2cc(Br)cnc12. The summed E-state index contributed by atoms with van der Waals surface area (Å²) in [6, 6.07) is 3.98. The number of fused-ring (bicyclic) bond motifs is 1. The van der Waals surface area contributed by atoms with Crippen molar-refractivity contribution in [3.8, 4) is 0 Å². The Morgan fingerprint density at radius 1 is 1.22 bits per heavy atom. The summed E-state index contributed by atoms with van der Waals surface area (Å²) in [7, 11) is 0. The fourth-order valence-corrected chi connectivity index (χ4v) is 2.24.